The van der Waals surface area contributed by atoms with Crippen molar-refractivity contribution in [1.29, 1.82) is 0 Å². The molecule has 3 rings (SSSR count). The van der Waals surface area contributed by atoms with Crippen LogP contribution in [-0.2, 0) is 9.31 Å². The molecule has 3 aliphatic rings. The van der Waals surface area contributed by atoms with Crippen LogP contribution in [0.1, 0.15) is 59.8 Å². The first-order chi connectivity index (χ1) is 8.82. The number of rotatable bonds is 2. The molecule has 0 aromatic carbocycles. The highest BCUT2D eigenvalue weighted by Crippen LogP contribution is 2.50. The van der Waals surface area contributed by atoms with Gasteiger partial charge in [0.15, 0.2) is 0 Å². The van der Waals surface area contributed by atoms with Gasteiger partial charge in [0.25, 0.3) is 0 Å². The minimum Gasteiger partial charge on any atom is -0.398 e. The van der Waals surface area contributed by atoms with Crippen LogP contribution in [0.25, 0.3) is 0 Å². The molecule has 0 aromatic heterocycles. The summed E-state index contributed by atoms with van der Waals surface area (Å²) in [4.78, 5) is 0. The van der Waals surface area contributed by atoms with Gasteiger partial charge in [-0.25, -0.2) is 4.39 Å². The highest BCUT2D eigenvalue weighted by Gasteiger charge is 2.54. The van der Waals surface area contributed by atoms with Crippen molar-refractivity contribution in [3.05, 3.63) is 11.3 Å². The van der Waals surface area contributed by atoms with Crippen LogP contribution in [0, 0.1) is 11.8 Å². The van der Waals surface area contributed by atoms with E-state index in [-0.39, 0.29) is 5.73 Å². The van der Waals surface area contributed by atoms with Crippen LogP contribution in [0.3, 0.4) is 0 Å². The molecule has 2 aliphatic carbocycles. The molecule has 0 radical (unpaired) electrons. The highest BCUT2D eigenvalue weighted by atomic mass is 19.1. The maximum atomic E-state index is 14.8. The largest absolute Gasteiger partial charge is 0.525 e. The average molecular weight is 266 g/mol. The van der Waals surface area contributed by atoms with Crippen molar-refractivity contribution in [2.45, 2.75) is 71.0 Å². The Morgan fingerprint density at radius 3 is 2.21 bits per heavy atom. The normalized spacial score (nSPS) is 35.8. The second-order valence-electron chi connectivity index (χ2n) is 7.30. The lowest BCUT2D eigenvalue weighted by atomic mass is 9.81. The van der Waals surface area contributed by atoms with E-state index in [9.17, 15) is 4.39 Å². The fraction of sp³-hybridized carbons (Fsp3) is 0.867. The van der Waals surface area contributed by atoms with Gasteiger partial charge in [0, 0.05) is 0 Å². The number of hydrogen-bond acceptors (Lipinski definition) is 2. The summed E-state index contributed by atoms with van der Waals surface area (Å²) in [6, 6.07) is 0. The van der Waals surface area contributed by atoms with Crippen molar-refractivity contribution in [2.24, 2.45) is 11.8 Å². The SMILES string of the molecule is CC1(C)OB(C(F)=C2CCCC2C2CC2)OC1(C)C. The first-order valence-electron chi connectivity index (χ1n) is 7.56. The molecule has 3 fully saturated rings. The molecule has 2 nitrogen and oxygen atoms in total. The fourth-order valence-electron chi connectivity index (χ4n) is 3.29. The maximum absolute atomic E-state index is 14.8. The molecule has 1 saturated heterocycles. The van der Waals surface area contributed by atoms with E-state index < -0.39 is 18.3 Å². The fourth-order valence-corrected chi connectivity index (χ4v) is 3.29. The molecule has 106 valence electrons. The zero-order valence-electron chi connectivity index (χ0n) is 12.5. The monoisotopic (exact) mass is 266 g/mol. The van der Waals surface area contributed by atoms with Crippen molar-refractivity contribution >= 4 is 7.12 Å². The molecule has 0 aromatic rings. The summed E-state index contributed by atoms with van der Waals surface area (Å²) in [6.45, 7) is 7.88. The van der Waals surface area contributed by atoms with Gasteiger partial charge in [-0.15, -0.1) is 0 Å². The van der Waals surface area contributed by atoms with Crippen molar-refractivity contribution in [3.63, 3.8) is 0 Å². The smallest absolute Gasteiger partial charge is 0.398 e. The Kier molecular flexibility index (Phi) is 3.10. The van der Waals surface area contributed by atoms with E-state index in [0.717, 1.165) is 30.8 Å². The Balaban J connectivity index is 1.82. The van der Waals surface area contributed by atoms with E-state index in [1.807, 2.05) is 27.7 Å². The predicted octanol–water partition coefficient (Wildman–Crippen LogP) is 4.05. The van der Waals surface area contributed by atoms with Crippen molar-refractivity contribution < 1.29 is 13.7 Å². The van der Waals surface area contributed by atoms with E-state index in [4.69, 9.17) is 9.31 Å². The standard InChI is InChI=1S/C15H24BFO2/c1-14(2)15(3,4)19-16(18-14)13(17)12-7-5-6-11(12)10-8-9-10/h10-11H,5-9H2,1-4H3. The average Bonchev–Trinajstić information content (AvgIpc) is 2.98. The minimum atomic E-state index is -0.792. The zero-order valence-corrected chi connectivity index (χ0v) is 12.5. The summed E-state index contributed by atoms with van der Waals surface area (Å²) in [7, 11) is -0.792. The summed E-state index contributed by atoms with van der Waals surface area (Å²) in [6.07, 6.45) is 5.68. The molecule has 4 heteroatoms. The summed E-state index contributed by atoms with van der Waals surface area (Å²) in [5, 5.41) is 0. The number of hydrogen-bond donors (Lipinski definition) is 0. The number of allylic oxidation sites excluding steroid dienone is 1. The van der Waals surface area contributed by atoms with Gasteiger partial charge >= 0.3 is 7.12 Å². The van der Waals surface area contributed by atoms with Crippen molar-refractivity contribution in [2.75, 3.05) is 0 Å². The van der Waals surface area contributed by atoms with Gasteiger partial charge in [0.1, 0.15) is 5.73 Å². The van der Waals surface area contributed by atoms with Crippen LogP contribution in [0.2, 0.25) is 0 Å². The minimum absolute atomic E-state index is 0.131. The third kappa shape index (κ3) is 2.27. The lowest BCUT2D eigenvalue weighted by molar-refractivity contribution is 0.00578. The third-order valence-electron chi connectivity index (χ3n) is 5.37. The molecular formula is C15H24BFO2. The summed E-state index contributed by atoms with van der Waals surface area (Å²) >= 11 is 0. The topological polar surface area (TPSA) is 18.5 Å². The van der Waals surface area contributed by atoms with Crippen LogP contribution in [0.15, 0.2) is 11.3 Å². The van der Waals surface area contributed by atoms with Gasteiger partial charge < -0.3 is 9.31 Å². The van der Waals surface area contributed by atoms with E-state index >= 15 is 0 Å². The Morgan fingerprint density at radius 2 is 1.68 bits per heavy atom. The van der Waals surface area contributed by atoms with Crippen molar-refractivity contribution in [1.82, 2.24) is 0 Å². The zero-order chi connectivity index (χ0) is 13.8. The second-order valence-corrected chi connectivity index (χ2v) is 7.30. The molecule has 1 aliphatic heterocycles. The molecule has 19 heavy (non-hydrogen) atoms. The molecule has 0 spiro atoms. The van der Waals surface area contributed by atoms with Gasteiger partial charge in [-0.1, -0.05) is 0 Å². The Bertz CT molecular complexity index is 396. The maximum Gasteiger partial charge on any atom is 0.525 e. The Labute approximate surface area is 115 Å². The first kappa shape index (κ1) is 13.6. The van der Waals surface area contributed by atoms with E-state index in [2.05, 4.69) is 0 Å². The predicted molar refractivity (Wildman–Crippen MR) is 74.3 cm³/mol. The van der Waals surface area contributed by atoms with E-state index in [1.54, 1.807) is 0 Å². The molecule has 0 N–H and O–H groups in total. The molecule has 1 atom stereocenters. The Morgan fingerprint density at radius 1 is 1.11 bits per heavy atom. The van der Waals surface area contributed by atoms with Crippen molar-refractivity contribution in [3.8, 4) is 0 Å². The van der Waals surface area contributed by atoms with Crippen LogP contribution >= 0.6 is 0 Å². The van der Waals surface area contributed by atoms with Crippen LogP contribution in [0.5, 0.6) is 0 Å². The summed E-state index contributed by atoms with van der Waals surface area (Å²) in [5.74, 6) is 1.18. The van der Waals surface area contributed by atoms with Gasteiger partial charge in [-0.05, 0) is 77.2 Å². The van der Waals surface area contributed by atoms with Crippen LogP contribution in [0.4, 0.5) is 4.39 Å². The quantitative estimate of drug-likeness (QED) is 0.702. The van der Waals surface area contributed by atoms with Gasteiger partial charge in [0.05, 0.1) is 11.2 Å². The lowest BCUT2D eigenvalue weighted by Gasteiger charge is -2.32. The summed E-state index contributed by atoms with van der Waals surface area (Å²) in [5.41, 5.74) is -0.0546. The van der Waals surface area contributed by atoms with E-state index in [0.29, 0.717) is 5.92 Å². The molecule has 1 heterocycles. The molecule has 0 bridgehead atoms. The Hall–Kier alpha value is -0.345. The highest BCUT2D eigenvalue weighted by molar-refractivity contribution is 6.53. The van der Waals surface area contributed by atoms with Gasteiger partial charge in [-0.2, -0.15) is 0 Å². The van der Waals surface area contributed by atoms with Gasteiger partial charge in [-0.3, -0.25) is 0 Å². The second kappa shape index (κ2) is 4.32. The lowest BCUT2D eigenvalue weighted by Crippen LogP contribution is -2.41. The van der Waals surface area contributed by atoms with E-state index in [1.165, 1.54) is 12.8 Å². The van der Waals surface area contributed by atoms with Gasteiger partial charge in [0.2, 0.25) is 0 Å². The summed E-state index contributed by atoms with van der Waals surface area (Å²) < 4.78 is 26.4. The first-order valence-corrected chi connectivity index (χ1v) is 7.56. The van der Waals surface area contributed by atoms with Crippen LogP contribution < -0.4 is 0 Å². The molecule has 0 amide bonds. The molecule has 1 unspecified atom stereocenters. The van der Waals surface area contributed by atoms with Crippen LogP contribution in [-0.4, -0.2) is 18.3 Å². The molecule has 2 saturated carbocycles. The third-order valence-corrected chi connectivity index (χ3v) is 5.37. The number of halogens is 1. The molecular weight excluding hydrogens is 242 g/mol.